The molecule has 0 aliphatic carbocycles. The first-order valence-corrected chi connectivity index (χ1v) is 8.54. The maximum absolute atomic E-state index is 12.5. The Hall–Kier alpha value is -2.47. The van der Waals surface area contributed by atoms with E-state index in [1.807, 2.05) is 6.07 Å². The van der Waals surface area contributed by atoms with Gasteiger partial charge in [0.25, 0.3) is 0 Å². The van der Waals surface area contributed by atoms with E-state index < -0.39 is 16.8 Å². The number of hydrogen-bond acceptors (Lipinski definition) is 5. The first-order chi connectivity index (χ1) is 11.5. The summed E-state index contributed by atoms with van der Waals surface area (Å²) in [5.74, 6) is -0.595. The highest BCUT2D eigenvalue weighted by molar-refractivity contribution is 7.84. The van der Waals surface area contributed by atoms with Crippen molar-refractivity contribution < 1.29 is 23.3 Å². The van der Waals surface area contributed by atoms with Crippen molar-refractivity contribution in [1.82, 2.24) is 0 Å². The van der Waals surface area contributed by atoms with Crippen LogP contribution in [0.25, 0.3) is 0 Å². The standard InChI is InChI=1S/C18H18O5S/c1-12(19)15-10-9-13(16(17(15)22-2)18(20)23-3)11-24(21)14-7-5-4-6-8-14/h4-10H,11H2,1-3H3. The van der Waals surface area contributed by atoms with Gasteiger partial charge in [-0.3, -0.25) is 9.00 Å². The van der Waals surface area contributed by atoms with E-state index in [-0.39, 0.29) is 28.4 Å². The van der Waals surface area contributed by atoms with Gasteiger partial charge in [-0.25, -0.2) is 4.79 Å². The van der Waals surface area contributed by atoms with Crippen LogP contribution in [-0.2, 0) is 21.3 Å². The largest absolute Gasteiger partial charge is 0.495 e. The third-order valence-electron chi connectivity index (χ3n) is 3.51. The number of esters is 1. The van der Waals surface area contributed by atoms with Gasteiger partial charge in [-0.05, 0) is 30.7 Å². The fourth-order valence-electron chi connectivity index (χ4n) is 2.36. The predicted molar refractivity (Wildman–Crippen MR) is 90.9 cm³/mol. The summed E-state index contributed by atoms with van der Waals surface area (Å²) in [5.41, 5.74) is 0.926. The summed E-state index contributed by atoms with van der Waals surface area (Å²) in [6, 6.07) is 12.1. The van der Waals surface area contributed by atoms with Gasteiger partial charge in [0.15, 0.2) is 5.78 Å². The molecule has 2 aromatic carbocycles. The molecular formula is C18H18O5S. The normalized spacial score (nSPS) is 11.6. The first kappa shape index (κ1) is 17.9. The Morgan fingerprint density at radius 3 is 2.25 bits per heavy atom. The molecule has 0 heterocycles. The van der Waals surface area contributed by atoms with Crippen LogP contribution in [0.2, 0.25) is 0 Å². The van der Waals surface area contributed by atoms with Gasteiger partial charge in [0.2, 0.25) is 0 Å². The smallest absolute Gasteiger partial charge is 0.341 e. The lowest BCUT2D eigenvalue weighted by Crippen LogP contribution is -2.13. The Bertz CT molecular complexity index is 783. The molecule has 126 valence electrons. The molecule has 0 aliphatic heterocycles. The molecular weight excluding hydrogens is 328 g/mol. The summed E-state index contributed by atoms with van der Waals surface area (Å²) in [7, 11) is 1.29. The molecule has 0 bridgehead atoms. The molecule has 5 nitrogen and oxygen atoms in total. The van der Waals surface area contributed by atoms with Crippen LogP contribution in [0.3, 0.4) is 0 Å². The van der Waals surface area contributed by atoms with E-state index >= 15 is 0 Å². The van der Waals surface area contributed by atoms with E-state index in [4.69, 9.17) is 9.47 Å². The average Bonchev–Trinajstić information content (AvgIpc) is 2.60. The minimum absolute atomic E-state index is 0.114. The first-order valence-electron chi connectivity index (χ1n) is 7.22. The molecule has 1 unspecified atom stereocenters. The molecule has 0 aromatic heterocycles. The summed E-state index contributed by atoms with van der Waals surface area (Å²) in [6.45, 7) is 1.39. The quantitative estimate of drug-likeness (QED) is 0.594. The van der Waals surface area contributed by atoms with Gasteiger partial charge in [0, 0.05) is 4.90 Å². The number of ketones is 1. The second-order valence-electron chi connectivity index (χ2n) is 5.03. The van der Waals surface area contributed by atoms with Gasteiger partial charge in [-0.15, -0.1) is 0 Å². The van der Waals surface area contributed by atoms with Crippen molar-refractivity contribution >= 4 is 22.6 Å². The van der Waals surface area contributed by atoms with Crippen LogP contribution in [0.5, 0.6) is 5.75 Å². The van der Waals surface area contributed by atoms with E-state index in [0.29, 0.717) is 10.5 Å². The van der Waals surface area contributed by atoms with Gasteiger partial charge in [-0.2, -0.15) is 0 Å². The summed E-state index contributed by atoms with van der Waals surface area (Å²) in [4.78, 5) is 24.6. The molecule has 0 aliphatic rings. The zero-order chi connectivity index (χ0) is 17.7. The van der Waals surface area contributed by atoms with Crippen molar-refractivity contribution in [2.24, 2.45) is 0 Å². The number of benzene rings is 2. The van der Waals surface area contributed by atoms with E-state index in [2.05, 4.69) is 0 Å². The number of Topliss-reactive ketones (excluding diaryl/α,β-unsaturated/α-hetero) is 1. The molecule has 6 heteroatoms. The Balaban J connectivity index is 2.51. The Labute approximate surface area is 143 Å². The van der Waals surface area contributed by atoms with E-state index in [1.54, 1.807) is 36.4 Å². The lowest BCUT2D eigenvalue weighted by atomic mass is 10.0. The Morgan fingerprint density at radius 1 is 1.04 bits per heavy atom. The molecule has 2 aromatic rings. The molecule has 0 saturated carbocycles. The van der Waals surface area contributed by atoms with Crippen molar-refractivity contribution in [3.05, 3.63) is 59.2 Å². The van der Waals surface area contributed by atoms with Crippen LogP contribution < -0.4 is 4.74 Å². The summed E-state index contributed by atoms with van der Waals surface area (Å²) in [6.07, 6.45) is 0. The molecule has 0 spiro atoms. The lowest BCUT2D eigenvalue weighted by molar-refractivity contribution is 0.0596. The SMILES string of the molecule is COC(=O)c1c(CS(=O)c2ccccc2)ccc(C(C)=O)c1OC. The predicted octanol–water partition coefficient (Wildman–Crippen LogP) is 2.99. The van der Waals surface area contributed by atoms with Crippen molar-refractivity contribution in [2.75, 3.05) is 14.2 Å². The highest BCUT2D eigenvalue weighted by Crippen LogP contribution is 2.30. The minimum Gasteiger partial charge on any atom is -0.495 e. The Morgan fingerprint density at radius 2 is 1.71 bits per heavy atom. The van der Waals surface area contributed by atoms with Crippen LogP contribution in [0.15, 0.2) is 47.4 Å². The highest BCUT2D eigenvalue weighted by Gasteiger charge is 2.24. The summed E-state index contributed by atoms with van der Waals surface area (Å²) < 4.78 is 22.6. The maximum atomic E-state index is 12.5. The van der Waals surface area contributed by atoms with Gasteiger partial charge < -0.3 is 9.47 Å². The molecule has 24 heavy (non-hydrogen) atoms. The number of rotatable bonds is 6. The summed E-state index contributed by atoms with van der Waals surface area (Å²) >= 11 is 0. The zero-order valence-corrected chi connectivity index (χ0v) is 14.5. The molecule has 0 radical (unpaired) electrons. The molecule has 2 rings (SSSR count). The number of carbonyl (C=O) groups is 2. The van der Waals surface area contributed by atoms with Crippen LogP contribution in [0.1, 0.15) is 33.2 Å². The monoisotopic (exact) mass is 346 g/mol. The number of ether oxygens (including phenoxy) is 2. The second kappa shape index (κ2) is 7.88. The maximum Gasteiger partial charge on any atom is 0.341 e. The van der Waals surface area contributed by atoms with Crippen LogP contribution in [-0.4, -0.2) is 30.2 Å². The third kappa shape index (κ3) is 3.71. The topological polar surface area (TPSA) is 69.7 Å². The van der Waals surface area contributed by atoms with E-state index in [9.17, 15) is 13.8 Å². The molecule has 0 saturated heterocycles. The minimum atomic E-state index is -1.34. The number of hydrogen-bond donors (Lipinski definition) is 0. The molecule has 0 N–H and O–H groups in total. The highest BCUT2D eigenvalue weighted by atomic mass is 32.2. The van der Waals surface area contributed by atoms with Crippen molar-refractivity contribution in [2.45, 2.75) is 17.6 Å². The van der Waals surface area contributed by atoms with Crippen molar-refractivity contribution in [3.8, 4) is 5.75 Å². The van der Waals surface area contributed by atoms with Crippen molar-refractivity contribution in [1.29, 1.82) is 0 Å². The number of carbonyl (C=O) groups excluding carboxylic acids is 2. The zero-order valence-electron chi connectivity index (χ0n) is 13.7. The van der Waals surface area contributed by atoms with E-state index in [0.717, 1.165) is 0 Å². The molecule has 0 fully saturated rings. The van der Waals surface area contributed by atoms with Gasteiger partial charge in [-0.1, -0.05) is 24.3 Å². The van der Waals surface area contributed by atoms with Crippen LogP contribution >= 0.6 is 0 Å². The molecule has 0 amide bonds. The fraction of sp³-hybridized carbons (Fsp3) is 0.222. The number of methoxy groups -OCH3 is 2. The van der Waals surface area contributed by atoms with Gasteiger partial charge in [0.05, 0.1) is 36.3 Å². The fourth-order valence-corrected chi connectivity index (χ4v) is 3.51. The average molecular weight is 346 g/mol. The van der Waals surface area contributed by atoms with Crippen LogP contribution in [0, 0.1) is 0 Å². The third-order valence-corrected chi connectivity index (χ3v) is 4.88. The molecule has 1 atom stereocenters. The van der Waals surface area contributed by atoms with Gasteiger partial charge in [0.1, 0.15) is 11.3 Å². The van der Waals surface area contributed by atoms with Gasteiger partial charge >= 0.3 is 5.97 Å². The Kier molecular flexibility index (Phi) is 5.87. The second-order valence-corrected chi connectivity index (χ2v) is 6.48. The van der Waals surface area contributed by atoms with E-state index in [1.165, 1.54) is 21.1 Å². The lowest BCUT2D eigenvalue weighted by Gasteiger charge is -2.15. The van der Waals surface area contributed by atoms with Crippen molar-refractivity contribution in [3.63, 3.8) is 0 Å². The van der Waals surface area contributed by atoms with Crippen LogP contribution in [0.4, 0.5) is 0 Å². The summed E-state index contributed by atoms with van der Waals surface area (Å²) in [5, 5.41) is 0.